The number of hydrogen-bond donors (Lipinski definition) is 0. The number of allylic oxidation sites excluding steroid dienone is 2. The highest BCUT2D eigenvalue weighted by Crippen LogP contribution is 2.00. The van der Waals surface area contributed by atoms with E-state index in [0.717, 1.165) is 6.42 Å². The Balaban J connectivity index is 3.08. The summed E-state index contributed by atoms with van der Waals surface area (Å²) in [5, 5.41) is 0. The molecule has 0 aromatic heterocycles. The van der Waals surface area contributed by atoms with Crippen molar-refractivity contribution in [2.75, 3.05) is 0 Å². The topological polar surface area (TPSA) is 0 Å². The van der Waals surface area contributed by atoms with Crippen LogP contribution in [0.15, 0.2) is 12.2 Å². The van der Waals surface area contributed by atoms with Gasteiger partial charge in [0.2, 0.25) is 0 Å². The molecule has 0 heterocycles. The van der Waals surface area contributed by atoms with E-state index < -0.39 is 0 Å². The second-order valence-electron chi connectivity index (χ2n) is 2.63. The summed E-state index contributed by atoms with van der Waals surface area (Å²) in [5.74, 6) is 6.09. The van der Waals surface area contributed by atoms with Gasteiger partial charge in [-0.05, 0) is 19.4 Å². The molecule has 0 aromatic carbocycles. The first-order valence-corrected chi connectivity index (χ1v) is 4.51. The van der Waals surface area contributed by atoms with Gasteiger partial charge in [-0.1, -0.05) is 44.1 Å². The maximum absolute atomic E-state index is 3.11. The maximum atomic E-state index is 3.11. The standard InChI is InChI=1S/C11H18/c1-3-5-7-9-11-10-8-6-4-2/h3,5H,4,6,8,10-11H2,1-2H3/b5-3-. The van der Waals surface area contributed by atoms with Crippen LogP contribution in [0, 0.1) is 11.8 Å². The molecule has 0 saturated heterocycles. The van der Waals surface area contributed by atoms with Gasteiger partial charge in [0.1, 0.15) is 0 Å². The minimum Gasteiger partial charge on any atom is -0.0985 e. The second-order valence-corrected chi connectivity index (χ2v) is 2.63. The highest BCUT2D eigenvalue weighted by Gasteiger charge is 1.82. The Bertz CT molecular complexity index is 143. The molecular formula is C11H18. The van der Waals surface area contributed by atoms with Gasteiger partial charge in [-0.25, -0.2) is 0 Å². The molecule has 0 fully saturated rings. The van der Waals surface area contributed by atoms with Crippen LogP contribution < -0.4 is 0 Å². The third-order valence-electron chi connectivity index (χ3n) is 1.51. The summed E-state index contributed by atoms with van der Waals surface area (Å²) >= 11 is 0. The average molecular weight is 150 g/mol. The number of unbranched alkanes of at least 4 members (excludes halogenated alkanes) is 4. The lowest BCUT2D eigenvalue weighted by Gasteiger charge is -1.91. The monoisotopic (exact) mass is 150 g/mol. The maximum Gasteiger partial charge on any atom is 0.00922 e. The Morgan fingerprint density at radius 3 is 2.64 bits per heavy atom. The SMILES string of the molecule is C/C=C\C#CCCCCCC. The molecule has 0 radical (unpaired) electrons. The van der Waals surface area contributed by atoms with Crippen molar-refractivity contribution in [1.82, 2.24) is 0 Å². The fourth-order valence-electron chi connectivity index (χ4n) is 0.855. The summed E-state index contributed by atoms with van der Waals surface area (Å²) in [6.45, 7) is 4.22. The second kappa shape index (κ2) is 9.30. The van der Waals surface area contributed by atoms with E-state index in [-0.39, 0.29) is 0 Å². The highest BCUT2D eigenvalue weighted by atomic mass is 13.9. The van der Waals surface area contributed by atoms with Crippen LogP contribution in [0.2, 0.25) is 0 Å². The smallest absolute Gasteiger partial charge is 0.00922 e. The Labute approximate surface area is 70.7 Å². The zero-order chi connectivity index (χ0) is 8.36. The van der Waals surface area contributed by atoms with Crippen molar-refractivity contribution in [3.63, 3.8) is 0 Å². The normalized spacial score (nSPS) is 9.64. The molecule has 0 aromatic rings. The third-order valence-corrected chi connectivity index (χ3v) is 1.51. The van der Waals surface area contributed by atoms with Crippen LogP contribution in [0.1, 0.15) is 46.0 Å². The van der Waals surface area contributed by atoms with Gasteiger partial charge in [0, 0.05) is 6.42 Å². The van der Waals surface area contributed by atoms with Crippen molar-refractivity contribution in [3.05, 3.63) is 12.2 Å². The predicted molar refractivity (Wildman–Crippen MR) is 51.3 cm³/mol. The quantitative estimate of drug-likeness (QED) is 0.425. The lowest BCUT2D eigenvalue weighted by molar-refractivity contribution is 0.679. The van der Waals surface area contributed by atoms with E-state index in [9.17, 15) is 0 Å². The number of rotatable bonds is 4. The highest BCUT2D eigenvalue weighted by molar-refractivity contribution is 5.14. The van der Waals surface area contributed by atoms with Crippen LogP contribution in [0.4, 0.5) is 0 Å². The summed E-state index contributed by atoms with van der Waals surface area (Å²) in [4.78, 5) is 0. The van der Waals surface area contributed by atoms with Crippen molar-refractivity contribution in [2.45, 2.75) is 46.0 Å². The summed E-state index contributed by atoms with van der Waals surface area (Å²) in [6, 6.07) is 0. The van der Waals surface area contributed by atoms with Gasteiger partial charge in [0.25, 0.3) is 0 Å². The van der Waals surface area contributed by atoms with Crippen molar-refractivity contribution >= 4 is 0 Å². The Morgan fingerprint density at radius 1 is 1.18 bits per heavy atom. The molecule has 62 valence electrons. The van der Waals surface area contributed by atoms with Crippen LogP contribution >= 0.6 is 0 Å². The van der Waals surface area contributed by atoms with Gasteiger partial charge in [0.15, 0.2) is 0 Å². The van der Waals surface area contributed by atoms with E-state index in [1.807, 2.05) is 19.1 Å². The molecule has 0 aliphatic heterocycles. The van der Waals surface area contributed by atoms with Gasteiger partial charge >= 0.3 is 0 Å². The largest absolute Gasteiger partial charge is 0.0985 e. The molecule has 0 amide bonds. The Kier molecular flexibility index (Phi) is 8.71. The van der Waals surface area contributed by atoms with Crippen LogP contribution in [-0.4, -0.2) is 0 Å². The average Bonchev–Trinajstić information content (AvgIpc) is 2.03. The van der Waals surface area contributed by atoms with E-state index in [1.165, 1.54) is 25.7 Å². The van der Waals surface area contributed by atoms with Crippen molar-refractivity contribution in [1.29, 1.82) is 0 Å². The van der Waals surface area contributed by atoms with E-state index in [1.54, 1.807) is 0 Å². The van der Waals surface area contributed by atoms with Crippen molar-refractivity contribution in [2.24, 2.45) is 0 Å². The molecule has 0 aliphatic carbocycles. The van der Waals surface area contributed by atoms with Gasteiger partial charge in [-0.3, -0.25) is 0 Å². The minimum atomic E-state index is 1.06. The molecule has 0 rings (SSSR count). The van der Waals surface area contributed by atoms with Gasteiger partial charge in [-0.2, -0.15) is 0 Å². The molecule has 0 bridgehead atoms. The molecule has 0 N–H and O–H groups in total. The van der Waals surface area contributed by atoms with E-state index in [0.29, 0.717) is 0 Å². The number of hydrogen-bond acceptors (Lipinski definition) is 0. The summed E-state index contributed by atoms with van der Waals surface area (Å²) in [7, 11) is 0. The molecule has 0 unspecified atom stereocenters. The van der Waals surface area contributed by atoms with E-state index >= 15 is 0 Å². The van der Waals surface area contributed by atoms with Crippen LogP contribution in [0.3, 0.4) is 0 Å². The molecule has 0 nitrogen and oxygen atoms in total. The van der Waals surface area contributed by atoms with Gasteiger partial charge in [-0.15, -0.1) is 0 Å². The molecule has 0 saturated carbocycles. The lowest BCUT2D eigenvalue weighted by Crippen LogP contribution is -1.73. The molecule has 0 atom stereocenters. The first-order valence-electron chi connectivity index (χ1n) is 4.51. The Hall–Kier alpha value is -0.700. The van der Waals surface area contributed by atoms with E-state index in [4.69, 9.17) is 0 Å². The minimum absolute atomic E-state index is 1.06. The van der Waals surface area contributed by atoms with Gasteiger partial charge < -0.3 is 0 Å². The molecule has 11 heavy (non-hydrogen) atoms. The first kappa shape index (κ1) is 10.3. The molecular weight excluding hydrogens is 132 g/mol. The van der Waals surface area contributed by atoms with Crippen molar-refractivity contribution < 1.29 is 0 Å². The predicted octanol–water partition coefficient (Wildman–Crippen LogP) is 3.54. The van der Waals surface area contributed by atoms with Crippen LogP contribution in [0.25, 0.3) is 0 Å². The van der Waals surface area contributed by atoms with Crippen molar-refractivity contribution in [3.8, 4) is 11.8 Å². The summed E-state index contributed by atoms with van der Waals surface area (Å²) < 4.78 is 0. The fraction of sp³-hybridized carbons (Fsp3) is 0.636. The molecule has 0 heteroatoms. The summed E-state index contributed by atoms with van der Waals surface area (Å²) in [5.41, 5.74) is 0. The third kappa shape index (κ3) is 9.30. The van der Waals surface area contributed by atoms with Gasteiger partial charge in [0.05, 0.1) is 0 Å². The van der Waals surface area contributed by atoms with Crippen LogP contribution in [0.5, 0.6) is 0 Å². The molecule has 0 spiro atoms. The zero-order valence-electron chi connectivity index (χ0n) is 7.69. The first-order chi connectivity index (χ1) is 5.41. The van der Waals surface area contributed by atoms with E-state index in [2.05, 4.69) is 18.8 Å². The lowest BCUT2D eigenvalue weighted by atomic mass is 10.2. The fourth-order valence-corrected chi connectivity index (χ4v) is 0.855. The Morgan fingerprint density at radius 2 is 2.00 bits per heavy atom. The van der Waals surface area contributed by atoms with Crippen LogP contribution in [-0.2, 0) is 0 Å². The molecule has 0 aliphatic rings. The zero-order valence-corrected chi connectivity index (χ0v) is 7.69. The summed E-state index contributed by atoms with van der Waals surface area (Å²) in [6.07, 6.45) is 10.2.